The quantitative estimate of drug-likeness (QED) is 0.173. The summed E-state index contributed by atoms with van der Waals surface area (Å²) < 4.78 is 0. The molecule has 0 atom stereocenters. The van der Waals surface area contributed by atoms with Crippen molar-refractivity contribution in [1.82, 2.24) is 0 Å². The summed E-state index contributed by atoms with van der Waals surface area (Å²) in [6.07, 6.45) is 0. The van der Waals surface area contributed by atoms with Crippen LogP contribution >= 0.6 is 0 Å². The van der Waals surface area contributed by atoms with Crippen molar-refractivity contribution in [1.29, 1.82) is 0 Å². The maximum absolute atomic E-state index is 2.44. The molecule has 0 spiro atoms. The minimum absolute atomic E-state index is 1.25. The summed E-state index contributed by atoms with van der Waals surface area (Å²) >= 11 is 0. The van der Waals surface area contributed by atoms with Gasteiger partial charge in [0.15, 0.2) is 0 Å². The SMILES string of the molecule is C[Si](C)(C)c1cc2cc(c1)c1cccc(c1)c1cccc(c1)c1cc([Si](C)(C)C)cc(c1)c1cccc(c1)c1cccc2c1. The number of fused-ring (bicyclic) bond motifs is 18. The highest BCUT2D eigenvalue weighted by Crippen LogP contribution is 2.26. The first kappa shape index (κ1) is 28.5. The molecule has 2 heteroatoms. The maximum atomic E-state index is 2.44. The Morgan fingerprint density at radius 3 is 0.636 bits per heavy atom. The summed E-state index contributed by atoms with van der Waals surface area (Å²) in [6, 6.07) is 51.0. The average molecular weight is 601 g/mol. The Balaban J connectivity index is 1.73. The molecule has 7 aromatic carbocycles. The van der Waals surface area contributed by atoms with Gasteiger partial charge in [0.25, 0.3) is 0 Å². The van der Waals surface area contributed by atoms with Crippen LogP contribution in [0, 0.1) is 0 Å². The van der Waals surface area contributed by atoms with Gasteiger partial charge < -0.3 is 0 Å². The molecule has 0 N–H and O–H groups in total. The number of hydrogen-bond donors (Lipinski definition) is 0. The molecule has 0 radical (unpaired) electrons. The zero-order valence-corrected chi connectivity index (χ0v) is 28.7. The van der Waals surface area contributed by atoms with Crippen LogP contribution in [0.4, 0.5) is 0 Å². The Morgan fingerprint density at radius 2 is 0.432 bits per heavy atom. The monoisotopic (exact) mass is 600 g/mol. The van der Waals surface area contributed by atoms with E-state index in [9.17, 15) is 0 Å². The molecule has 0 aliphatic rings. The van der Waals surface area contributed by atoms with Gasteiger partial charge in [-0.1, -0.05) is 147 Å². The molecule has 12 bridgehead atoms. The van der Waals surface area contributed by atoms with Crippen molar-refractivity contribution in [2.75, 3.05) is 0 Å². The molecule has 0 heterocycles. The van der Waals surface area contributed by atoms with Gasteiger partial charge in [-0.05, 0) is 101 Å². The first-order chi connectivity index (χ1) is 21.0. The second-order valence-electron chi connectivity index (χ2n) is 14.4. The van der Waals surface area contributed by atoms with Gasteiger partial charge >= 0.3 is 0 Å². The van der Waals surface area contributed by atoms with Gasteiger partial charge in [-0.15, -0.1) is 0 Å². The third-order valence-corrected chi connectivity index (χ3v) is 13.1. The van der Waals surface area contributed by atoms with Gasteiger partial charge in [0, 0.05) is 0 Å². The van der Waals surface area contributed by atoms with Crippen molar-refractivity contribution < 1.29 is 0 Å². The van der Waals surface area contributed by atoms with E-state index in [0.717, 1.165) is 0 Å². The van der Waals surface area contributed by atoms with E-state index in [0.29, 0.717) is 0 Å². The van der Waals surface area contributed by atoms with Crippen LogP contribution in [-0.4, -0.2) is 16.1 Å². The Kier molecular flexibility index (Phi) is 6.95. The number of benzene rings is 6. The fourth-order valence-electron chi connectivity index (χ4n) is 6.30. The van der Waals surface area contributed by atoms with Crippen LogP contribution in [0.5, 0.6) is 0 Å². The highest BCUT2D eigenvalue weighted by molar-refractivity contribution is 6.89. The van der Waals surface area contributed by atoms with Crippen molar-refractivity contribution in [2.24, 2.45) is 0 Å². The minimum Gasteiger partial charge on any atom is -0.0656 e. The Bertz CT molecular complexity index is 2030. The lowest BCUT2D eigenvalue weighted by Crippen LogP contribution is -2.37. The van der Waals surface area contributed by atoms with Crippen LogP contribution in [0.15, 0.2) is 133 Å². The van der Waals surface area contributed by atoms with E-state index in [1.165, 1.54) is 75.0 Å². The van der Waals surface area contributed by atoms with Crippen molar-refractivity contribution in [3.8, 4) is 0 Å². The lowest BCUT2D eigenvalue weighted by atomic mass is 10.0. The fraction of sp³-hybridized carbons (Fsp3) is 0.143. The zero-order chi connectivity index (χ0) is 30.6. The van der Waals surface area contributed by atoms with Crippen molar-refractivity contribution >= 4 is 91.2 Å². The summed E-state index contributed by atoms with van der Waals surface area (Å²) in [5.74, 6) is 0. The second kappa shape index (κ2) is 10.7. The summed E-state index contributed by atoms with van der Waals surface area (Å²) in [5.41, 5.74) is 0. The van der Waals surface area contributed by atoms with E-state index in [1.807, 2.05) is 0 Å². The van der Waals surface area contributed by atoms with Crippen LogP contribution in [0.25, 0.3) is 64.6 Å². The third kappa shape index (κ3) is 5.56. The van der Waals surface area contributed by atoms with E-state index in [-0.39, 0.29) is 0 Å². The predicted octanol–water partition coefficient (Wildman–Crippen LogP) is 11.4. The lowest BCUT2D eigenvalue weighted by molar-refractivity contribution is 1.72. The molecule has 0 saturated heterocycles. The van der Waals surface area contributed by atoms with E-state index >= 15 is 0 Å². The maximum Gasteiger partial charge on any atom is 0.0776 e. The van der Waals surface area contributed by atoms with E-state index in [4.69, 9.17) is 0 Å². The van der Waals surface area contributed by atoms with Gasteiger partial charge in [0.1, 0.15) is 0 Å². The van der Waals surface area contributed by atoms with Gasteiger partial charge in [-0.3, -0.25) is 0 Å². The number of rotatable bonds is 2. The highest BCUT2D eigenvalue weighted by Gasteiger charge is 2.18. The van der Waals surface area contributed by atoms with Crippen LogP contribution in [0.2, 0.25) is 39.3 Å². The molecule has 0 aliphatic carbocycles. The molecule has 7 rings (SSSR count). The summed E-state index contributed by atoms with van der Waals surface area (Å²) in [6.45, 7) is 14.7. The first-order valence-corrected chi connectivity index (χ1v) is 22.7. The molecule has 0 aliphatic heterocycles. The molecular weight excluding hydrogens is 561 g/mol. The third-order valence-electron chi connectivity index (χ3n) is 9.05. The van der Waals surface area contributed by atoms with E-state index in [2.05, 4.69) is 173 Å². The van der Waals surface area contributed by atoms with Crippen LogP contribution in [-0.2, 0) is 0 Å². The largest absolute Gasteiger partial charge is 0.0776 e. The first-order valence-electron chi connectivity index (χ1n) is 15.7. The zero-order valence-electron chi connectivity index (χ0n) is 26.7. The molecule has 0 fully saturated rings. The molecular formula is C42H40Si2. The van der Waals surface area contributed by atoms with Crippen molar-refractivity contribution in [3.63, 3.8) is 0 Å². The molecule has 0 aromatic heterocycles. The highest BCUT2D eigenvalue weighted by atomic mass is 28.3. The molecule has 44 heavy (non-hydrogen) atoms. The Morgan fingerprint density at radius 1 is 0.250 bits per heavy atom. The predicted molar refractivity (Wildman–Crippen MR) is 204 cm³/mol. The topological polar surface area (TPSA) is 0 Å². The molecule has 0 nitrogen and oxygen atoms in total. The standard InChI is InChI=1S/C42H40Si2/c1-43(2,3)41-25-37-23-38(26-41)34-16-8-12-30(20-34)32-14-10-18-36(22-32)40-24-39(27-42(28-40)44(4,5)6)35-17-9-13-31(21-35)29-11-7-15-33(37)19-29/h7-28H,1-6H3. The van der Waals surface area contributed by atoms with Gasteiger partial charge in [0.05, 0.1) is 16.1 Å². The molecule has 0 unspecified atom stereocenters. The van der Waals surface area contributed by atoms with E-state index < -0.39 is 16.1 Å². The molecule has 0 saturated carbocycles. The molecule has 216 valence electrons. The lowest BCUT2D eigenvalue weighted by Gasteiger charge is -2.18. The van der Waals surface area contributed by atoms with Crippen LogP contribution < -0.4 is 10.4 Å². The fourth-order valence-corrected chi connectivity index (χ4v) is 8.66. The second-order valence-corrected chi connectivity index (χ2v) is 24.6. The molecule has 0 amide bonds. The summed E-state index contributed by atoms with van der Waals surface area (Å²) in [4.78, 5) is 0. The minimum atomic E-state index is -1.58. The molecule has 7 aromatic rings. The van der Waals surface area contributed by atoms with Crippen molar-refractivity contribution in [2.45, 2.75) is 39.3 Å². The number of hydrogen-bond acceptors (Lipinski definition) is 0. The Hall–Kier alpha value is -4.25. The summed E-state index contributed by atoms with van der Waals surface area (Å²) in [5, 5.41) is 18.2. The van der Waals surface area contributed by atoms with Crippen LogP contribution in [0.3, 0.4) is 0 Å². The van der Waals surface area contributed by atoms with Gasteiger partial charge in [-0.25, -0.2) is 0 Å². The summed E-state index contributed by atoms with van der Waals surface area (Å²) in [7, 11) is -3.15. The Labute approximate surface area is 263 Å². The normalized spacial score (nSPS) is 12.3. The smallest absolute Gasteiger partial charge is 0.0656 e. The van der Waals surface area contributed by atoms with E-state index in [1.54, 1.807) is 0 Å². The van der Waals surface area contributed by atoms with Crippen molar-refractivity contribution in [3.05, 3.63) is 133 Å². The average Bonchev–Trinajstić information content (AvgIpc) is 3.03. The van der Waals surface area contributed by atoms with Gasteiger partial charge in [-0.2, -0.15) is 0 Å². The van der Waals surface area contributed by atoms with Crippen LogP contribution in [0.1, 0.15) is 0 Å². The van der Waals surface area contributed by atoms with Gasteiger partial charge in [0.2, 0.25) is 0 Å².